The lowest BCUT2D eigenvalue weighted by Crippen LogP contribution is -2.36. The Bertz CT molecular complexity index is 469. The SMILES string of the molecule is Cc1cc2c(cc1CCNCC1(N)CC1)OCCO2. The average Bonchev–Trinajstić information content (AvgIpc) is 3.13. The second-order valence-corrected chi connectivity index (χ2v) is 5.71. The standard InChI is InChI=1S/C15H22N2O2/c1-11-8-13-14(19-7-6-18-13)9-12(11)2-5-17-10-15(16)3-4-15/h8-9,17H,2-7,10,16H2,1H3. The van der Waals surface area contributed by atoms with Gasteiger partial charge >= 0.3 is 0 Å². The molecule has 1 heterocycles. The van der Waals surface area contributed by atoms with E-state index >= 15 is 0 Å². The fourth-order valence-electron chi connectivity index (χ4n) is 2.40. The first kappa shape index (κ1) is 12.8. The normalized spacial score (nSPS) is 19.3. The van der Waals surface area contributed by atoms with Crippen LogP contribution >= 0.6 is 0 Å². The predicted molar refractivity (Wildman–Crippen MR) is 74.9 cm³/mol. The molecule has 1 aromatic rings. The maximum absolute atomic E-state index is 6.05. The van der Waals surface area contributed by atoms with E-state index in [0.717, 1.165) is 43.9 Å². The number of nitrogens with one attached hydrogen (secondary N) is 1. The van der Waals surface area contributed by atoms with Gasteiger partial charge in [0, 0.05) is 12.1 Å². The van der Waals surface area contributed by atoms with Crippen molar-refractivity contribution in [2.75, 3.05) is 26.3 Å². The first-order chi connectivity index (χ1) is 9.16. The summed E-state index contributed by atoms with van der Waals surface area (Å²) in [5.74, 6) is 1.75. The summed E-state index contributed by atoms with van der Waals surface area (Å²) in [6.07, 6.45) is 3.31. The summed E-state index contributed by atoms with van der Waals surface area (Å²) >= 11 is 0. The summed E-state index contributed by atoms with van der Waals surface area (Å²) in [7, 11) is 0. The lowest BCUT2D eigenvalue weighted by molar-refractivity contribution is 0.171. The summed E-state index contributed by atoms with van der Waals surface area (Å²) < 4.78 is 11.2. The van der Waals surface area contributed by atoms with Crippen molar-refractivity contribution in [3.8, 4) is 11.5 Å². The lowest BCUT2D eigenvalue weighted by Gasteiger charge is -2.20. The molecule has 0 amide bonds. The number of hydrogen-bond donors (Lipinski definition) is 2. The van der Waals surface area contributed by atoms with Gasteiger partial charge in [0.05, 0.1) is 0 Å². The number of benzene rings is 1. The maximum Gasteiger partial charge on any atom is 0.161 e. The Balaban J connectivity index is 1.57. The molecule has 4 nitrogen and oxygen atoms in total. The number of rotatable bonds is 5. The van der Waals surface area contributed by atoms with Gasteiger partial charge < -0.3 is 20.5 Å². The molecule has 1 aliphatic heterocycles. The quantitative estimate of drug-likeness (QED) is 0.787. The first-order valence-corrected chi connectivity index (χ1v) is 7.05. The van der Waals surface area contributed by atoms with E-state index in [1.165, 1.54) is 11.1 Å². The highest BCUT2D eigenvalue weighted by Crippen LogP contribution is 2.33. The smallest absolute Gasteiger partial charge is 0.161 e. The van der Waals surface area contributed by atoms with Gasteiger partial charge in [-0.15, -0.1) is 0 Å². The molecular formula is C15H22N2O2. The summed E-state index contributed by atoms with van der Waals surface area (Å²) in [6.45, 7) is 5.30. The van der Waals surface area contributed by atoms with Crippen molar-refractivity contribution >= 4 is 0 Å². The monoisotopic (exact) mass is 262 g/mol. The van der Waals surface area contributed by atoms with Crippen molar-refractivity contribution < 1.29 is 9.47 Å². The Labute approximate surface area is 114 Å². The molecule has 4 heteroatoms. The van der Waals surface area contributed by atoms with Gasteiger partial charge in [0.2, 0.25) is 0 Å². The fraction of sp³-hybridized carbons (Fsp3) is 0.600. The maximum atomic E-state index is 6.05. The zero-order valence-corrected chi connectivity index (χ0v) is 11.5. The highest BCUT2D eigenvalue weighted by atomic mass is 16.6. The van der Waals surface area contributed by atoms with Crippen LogP contribution in [0.5, 0.6) is 11.5 Å². The molecule has 104 valence electrons. The lowest BCUT2D eigenvalue weighted by atomic mass is 10.0. The zero-order valence-electron chi connectivity index (χ0n) is 11.5. The molecule has 1 aliphatic carbocycles. The molecule has 3 N–H and O–H groups in total. The minimum absolute atomic E-state index is 0.0852. The third-order valence-corrected chi connectivity index (χ3v) is 3.94. The molecular weight excluding hydrogens is 240 g/mol. The van der Waals surface area contributed by atoms with Crippen molar-refractivity contribution in [1.82, 2.24) is 5.32 Å². The zero-order chi connectivity index (χ0) is 13.3. The van der Waals surface area contributed by atoms with Crippen LogP contribution in [0, 0.1) is 6.92 Å². The van der Waals surface area contributed by atoms with E-state index in [1.54, 1.807) is 0 Å². The third-order valence-electron chi connectivity index (χ3n) is 3.94. The van der Waals surface area contributed by atoms with Crippen molar-refractivity contribution in [2.45, 2.75) is 31.7 Å². The van der Waals surface area contributed by atoms with Gasteiger partial charge in [-0.1, -0.05) is 0 Å². The van der Waals surface area contributed by atoms with Crippen LogP contribution in [0.4, 0.5) is 0 Å². The molecule has 2 aliphatic rings. The summed E-state index contributed by atoms with van der Waals surface area (Å²) in [5.41, 5.74) is 8.72. The highest BCUT2D eigenvalue weighted by molar-refractivity contribution is 5.47. The molecule has 19 heavy (non-hydrogen) atoms. The summed E-state index contributed by atoms with van der Waals surface area (Å²) in [5, 5.41) is 3.45. The van der Waals surface area contributed by atoms with E-state index in [4.69, 9.17) is 15.2 Å². The van der Waals surface area contributed by atoms with Gasteiger partial charge in [-0.25, -0.2) is 0 Å². The molecule has 0 radical (unpaired) electrons. The molecule has 1 fully saturated rings. The number of nitrogens with two attached hydrogens (primary N) is 1. The van der Waals surface area contributed by atoms with Crippen molar-refractivity contribution in [3.05, 3.63) is 23.3 Å². The second kappa shape index (κ2) is 5.02. The molecule has 0 aromatic heterocycles. The van der Waals surface area contributed by atoms with E-state index in [-0.39, 0.29) is 5.54 Å². The van der Waals surface area contributed by atoms with Crippen LogP contribution in [0.25, 0.3) is 0 Å². The highest BCUT2D eigenvalue weighted by Gasteiger charge is 2.37. The van der Waals surface area contributed by atoms with Crippen molar-refractivity contribution in [1.29, 1.82) is 0 Å². The van der Waals surface area contributed by atoms with E-state index in [1.807, 2.05) is 0 Å². The van der Waals surface area contributed by atoms with Crippen LogP contribution in [-0.2, 0) is 6.42 Å². The molecule has 0 saturated heterocycles. The van der Waals surface area contributed by atoms with Crippen LogP contribution in [-0.4, -0.2) is 31.8 Å². The number of hydrogen-bond acceptors (Lipinski definition) is 4. The number of aryl methyl sites for hydroxylation is 1. The second-order valence-electron chi connectivity index (χ2n) is 5.71. The largest absolute Gasteiger partial charge is 0.486 e. The van der Waals surface area contributed by atoms with Gasteiger partial charge in [0.15, 0.2) is 11.5 Å². The van der Waals surface area contributed by atoms with Crippen LogP contribution in [0.1, 0.15) is 24.0 Å². The van der Waals surface area contributed by atoms with E-state index in [2.05, 4.69) is 24.4 Å². The van der Waals surface area contributed by atoms with E-state index in [0.29, 0.717) is 13.2 Å². The fourth-order valence-corrected chi connectivity index (χ4v) is 2.40. The molecule has 1 aromatic carbocycles. The molecule has 1 saturated carbocycles. The Morgan fingerprint density at radius 2 is 1.89 bits per heavy atom. The van der Waals surface area contributed by atoms with Gasteiger partial charge in [-0.3, -0.25) is 0 Å². The molecule has 0 spiro atoms. The molecule has 0 unspecified atom stereocenters. The number of ether oxygens (including phenoxy) is 2. The Morgan fingerprint density at radius 1 is 1.21 bits per heavy atom. The first-order valence-electron chi connectivity index (χ1n) is 7.05. The van der Waals surface area contributed by atoms with Crippen molar-refractivity contribution in [3.63, 3.8) is 0 Å². The topological polar surface area (TPSA) is 56.5 Å². The Hall–Kier alpha value is -1.26. The van der Waals surface area contributed by atoms with Gasteiger partial charge in [-0.05, 0) is 56.0 Å². The molecule has 0 bridgehead atoms. The van der Waals surface area contributed by atoms with Gasteiger partial charge in [-0.2, -0.15) is 0 Å². The van der Waals surface area contributed by atoms with E-state index < -0.39 is 0 Å². The average molecular weight is 262 g/mol. The summed E-state index contributed by atoms with van der Waals surface area (Å²) in [6, 6.07) is 4.19. The number of fused-ring (bicyclic) bond motifs is 1. The van der Waals surface area contributed by atoms with Crippen LogP contribution in [0.2, 0.25) is 0 Å². The Kier molecular flexibility index (Phi) is 3.37. The van der Waals surface area contributed by atoms with Gasteiger partial charge in [0.1, 0.15) is 13.2 Å². The minimum atomic E-state index is 0.0852. The van der Waals surface area contributed by atoms with E-state index in [9.17, 15) is 0 Å². The third kappa shape index (κ3) is 3.01. The van der Waals surface area contributed by atoms with Crippen molar-refractivity contribution in [2.24, 2.45) is 5.73 Å². The molecule has 0 atom stereocenters. The summed E-state index contributed by atoms with van der Waals surface area (Å²) in [4.78, 5) is 0. The predicted octanol–water partition coefficient (Wildman–Crippen LogP) is 1.39. The van der Waals surface area contributed by atoms with Crippen LogP contribution in [0.3, 0.4) is 0 Å². The van der Waals surface area contributed by atoms with Gasteiger partial charge in [0.25, 0.3) is 0 Å². The Morgan fingerprint density at radius 3 is 2.58 bits per heavy atom. The molecule has 3 rings (SSSR count). The minimum Gasteiger partial charge on any atom is -0.486 e. The van der Waals surface area contributed by atoms with Crippen LogP contribution in [0.15, 0.2) is 12.1 Å². The van der Waals surface area contributed by atoms with Crippen LogP contribution < -0.4 is 20.5 Å².